The molecule has 0 radical (unpaired) electrons. The largest absolute Gasteiger partial charge is 0.488 e. The number of aromatic nitrogens is 2. The van der Waals surface area contributed by atoms with Crippen LogP contribution in [0.15, 0.2) is 97.6 Å². The molecule has 0 saturated carbocycles. The van der Waals surface area contributed by atoms with E-state index < -0.39 is 15.2 Å². The highest BCUT2D eigenvalue weighted by Crippen LogP contribution is 2.49. The second-order valence-electron chi connectivity index (χ2n) is 17.9. The third kappa shape index (κ3) is 18.1. The molecule has 414 valence electrons. The Labute approximate surface area is 468 Å². The number of halogens is 2. The zero-order chi connectivity index (χ0) is 55.9. The molecule has 0 amide bonds. The molecule has 2 aromatic heterocycles. The van der Waals surface area contributed by atoms with Crippen LogP contribution in [0.1, 0.15) is 96.2 Å². The Kier molecular flexibility index (Phi) is 24.5. The first-order valence-electron chi connectivity index (χ1n) is 25.9. The molecule has 2 heterocycles. The van der Waals surface area contributed by atoms with Gasteiger partial charge in [-0.3, -0.25) is 19.1 Å². The average Bonchev–Trinajstić information content (AvgIpc) is 3.42. The summed E-state index contributed by atoms with van der Waals surface area (Å²) in [5.41, 5.74) is 9.87. The van der Waals surface area contributed by atoms with E-state index in [-0.39, 0.29) is 38.8 Å². The van der Waals surface area contributed by atoms with E-state index in [9.17, 15) is 19.7 Å². The summed E-state index contributed by atoms with van der Waals surface area (Å²) in [7, 11) is -6.34. The molecule has 4 aromatic carbocycles. The minimum Gasteiger partial charge on any atom is -0.488 e. The van der Waals surface area contributed by atoms with Crippen LogP contribution in [0.4, 0.5) is 0 Å². The van der Waals surface area contributed by atoms with Gasteiger partial charge in [-0.05, 0) is 125 Å². The Balaban J connectivity index is 1.16. The summed E-state index contributed by atoms with van der Waals surface area (Å²) in [4.78, 5) is 8.36. The van der Waals surface area contributed by atoms with Crippen molar-refractivity contribution < 1.29 is 46.2 Å². The van der Waals surface area contributed by atoms with E-state index in [4.69, 9.17) is 60.2 Å². The molecule has 0 aliphatic carbocycles. The van der Waals surface area contributed by atoms with Crippen LogP contribution in [0.25, 0.3) is 11.1 Å². The lowest BCUT2D eigenvalue weighted by molar-refractivity contribution is 0.218. The van der Waals surface area contributed by atoms with Gasteiger partial charge in [-0.2, -0.15) is 10.5 Å². The topological polar surface area (TPSA) is 205 Å². The van der Waals surface area contributed by atoms with Gasteiger partial charge in [0.05, 0.1) is 59.9 Å². The number of ether oxygens (including phenoxy) is 4. The highest BCUT2D eigenvalue weighted by atomic mass is 35.5. The average molecular weight is 1140 g/mol. The van der Waals surface area contributed by atoms with E-state index in [0.29, 0.717) is 110 Å². The van der Waals surface area contributed by atoms with Gasteiger partial charge in [0.2, 0.25) is 0 Å². The fraction of sp³-hybridized carbons (Fsp3) is 0.379. The highest BCUT2D eigenvalue weighted by Gasteiger charge is 2.24. The van der Waals surface area contributed by atoms with E-state index in [1.54, 1.807) is 64.4 Å². The quantitative estimate of drug-likeness (QED) is 0.0290. The van der Waals surface area contributed by atoms with Gasteiger partial charge in [0.15, 0.2) is 0 Å². The number of nitrogens with one attached hydrogen (secondary N) is 2. The Morgan fingerprint density at radius 3 is 1.27 bits per heavy atom. The second kappa shape index (κ2) is 31.1. The van der Waals surface area contributed by atoms with E-state index in [1.807, 2.05) is 36.4 Å². The lowest BCUT2D eigenvalue weighted by Crippen LogP contribution is -2.17. The zero-order valence-corrected chi connectivity index (χ0v) is 48.4. The van der Waals surface area contributed by atoms with Gasteiger partial charge in [-0.25, -0.2) is 0 Å². The van der Waals surface area contributed by atoms with Crippen LogP contribution in [-0.4, -0.2) is 61.8 Å². The standard InChI is InChI=1S/C58H68Cl2N6O10P2/c1-7-73-77(67,74-8-2)21-13-19-63-35-49-25-53(59)57(27-55(49)69-37-45-23-43(29-61)31-65-33-45)71-39-47-15-11-17-51(41(47)5)52-18-12-16-48(42(52)6)40-72-58-28-56(70-38-46-24-44(30-62)32-66-34-46)50(26-54(58)60)36-64-20-14-22-78(68,75-9-3)76-10-4/h11-12,15-18,23-28,31-34,63-64H,7-10,13-14,19-22,35-40H2,1-6H3. The first kappa shape index (κ1) is 61.4. The minimum atomic E-state index is -3.17. The zero-order valence-electron chi connectivity index (χ0n) is 45.1. The van der Waals surface area contributed by atoms with E-state index in [1.165, 1.54) is 12.4 Å². The second-order valence-corrected chi connectivity index (χ2v) is 23.1. The predicted molar refractivity (Wildman–Crippen MR) is 304 cm³/mol. The van der Waals surface area contributed by atoms with Crippen LogP contribution in [0.3, 0.4) is 0 Å². The van der Waals surface area contributed by atoms with Crippen LogP contribution >= 0.6 is 38.4 Å². The molecule has 6 aromatic rings. The summed E-state index contributed by atoms with van der Waals surface area (Å²) < 4.78 is 73.4. The summed E-state index contributed by atoms with van der Waals surface area (Å²) in [6.45, 7) is 15.1. The summed E-state index contributed by atoms with van der Waals surface area (Å²) in [5.74, 6) is 1.93. The van der Waals surface area contributed by atoms with Crippen molar-refractivity contribution in [3.8, 4) is 46.3 Å². The van der Waals surface area contributed by atoms with Gasteiger partial charge in [-0.15, -0.1) is 0 Å². The Hall–Kier alpha value is -5.84. The monoisotopic (exact) mass is 1140 g/mol. The van der Waals surface area contributed by atoms with Gasteiger partial charge >= 0.3 is 15.2 Å². The molecule has 78 heavy (non-hydrogen) atoms. The third-order valence-electron chi connectivity index (χ3n) is 12.3. The molecule has 16 nitrogen and oxygen atoms in total. The number of benzene rings is 4. The molecule has 0 saturated heterocycles. The first-order valence-corrected chi connectivity index (χ1v) is 30.1. The van der Waals surface area contributed by atoms with Crippen molar-refractivity contribution >= 4 is 38.4 Å². The summed E-state index contributed by atoms with van der Waals surface area (Å²) in [5, 5.41) is 26.5. The van der Waals surface area contributed by atoms with Gasteiger partial charge in [0, 0.05) is 72.3 Å². The van der Waals surface area contributed by atoms with Gasteiger partial charge < -0.3 is 47.7 Å². The van der Waals surface area contributed by atoms with E-state index in [0.717, 1.165) is 55.6 Å². The molecule has 2 N–H and O–H groups in total. The SMILES string of the molecule is CCOP(=O)(CCCNCc1cc(Cl)c(OCc2cccc(-c3cccc(COc4cc(OCc5cncc(C#N)c5)c(CNCCCP(=O)(OCC)OCC)cc4Cl)c3C)c2C)cc1OCc1cncc(C#N)c1)OCC. The number of hydrogen-bond acceptors (Lipinski definition) is 16. The molecule has 0 aliphatic heterocycles. The number of pyridine rings is 2. The van der Waals surface area contributed by atoms with Crippen molar-refractivity contribution in [2.24, 2.45) is 0 Å². The van der Waals surface area contributed by atoms with Crippen LogP contribution < -0.4 is 29.6 Å². The van der Waals surface area contributed by atoms with Gasteiger partial charge in [0.1, 0.15) is 61.6 Å². The minimum absolute atomic E-state index is 0.151. The number of hydrogen-bond donors (Lipinski definition) is 2. The number of nitriles is 2. The maximum absolute atomic E-state index is 13.0. The third-order valence-corrected chi connectivity index (χ3v) is 17.2. The lowest BCUT2D eigenvalue weighted by Gasteiger charge is -2.19. The van der Waals surface area contributed by atoms with Gasteiger partial charge in [0.25, 0.3) is 0 Å². The number of rotatable bonds is 33. The molecule has 0 spiro atoms. The molecular weight excluding hydrogens is 1070 g/mol. The van der Waals surface area contributed by atoms with E-state index >= 15 is 0 Å². The highest BCUT2D eigenvalue weighted by molar-refractivity contribution is 7.54. The molecular formula is C58H68Cl2N6O10P2. The van der Waals surface area contributed by atoms with Crippen LogP contribution in [0, 0.1) is 36.5 Å². The Morgan fingerprint density at radius 2 is 0.897 bits per heavy atom. The Morgan fingerprint density at radius 1 is 0.513 bits per heavy atom. The fourth-order valence-electron chi connectivity index (χ4n) is 8.43. The molecule has 6 rings (SSSR count). The van der Waals surface area contributed by atoms with Crippen molar-refractivity contribution in [1.82, 2.24) is 20.6 Å². The molecule has 0 unspecified atom stereocenters. The lowest BCUT2D eigenvalue weighted by atomic mass is 9.92. The van der Waals surface area contributed by atoms with Crippen molar-refractivity contribution in [2.75, 3.05) is 51.8 Å². The van der Waals surface area contributed by atoms with Crippen molar-refractivity contribution in [1.29, 1.82) is 10.5 Å². The van der Waals surface area contributed by atoms with E-state index in [2.05, 4.69) is 58.7 Å². The molecule has 0 bridgehead atoms. The summed E-state index contributed by atoms with van der Waals surface area (Å²) in [6, 6.07) is 27.1. The number of nitrogens with zero attached hydrogens (tertiary/aromatic N) is 4. The van der Waals surface area contributed by atoms with Crippen molar-refractivity contribution in [3.63, 3.8) is 0 Å². The Bertz CT molecular complexity index is 2910. The smallest absolute Gasteiger partial charge is 0.330 e. The summed E-state index contributed by atoms with van der Waals surface area (Å²) in [6.07, 6.45) is 8.00. The maximum Gasteiger partial charge on any atom is 0.330 e. The van der Waals surface area contributed by atoms with Crippen LogP contribution in [-0.2, 0) is 66.7 Å². The summed E-state index contributed by atoms with van der Waals surface area (Å²) >= 11 is 13.9. The van der Waals surface area contributed by atoms with Gasteiger partial charge in [-0.1, -0.05) is 59.6 Å². The predicted octanol–water partition coefficient (Wildman–Crippen LogP) is 13.6. The molecule has 20 heteroatoms. The fourth-order valence-corrected chi connectivity index (χ4v) is 12.2. The van der Waals surface area contributed by atoms with Crippen molar-refractivity contribution in [3.05, 3.63) is 163 Å². The van der Waals surface area contributed by atoms with Crippen LogP contribution in [0.2, 0.25) is 10.0 Å². The first-order chi connectivity index (χ1) is 37.7. The van der Waals surface area contributed by atoms with Crippen LogP contribution in [0.5, 0.6) is 23.0 Å². The molecule has 0 aliphatic rings. The molecule has 0 fully saturated rings. The normalized spacial score (nSPS) is 11.5. The van der Waals surface area contributed by atoms with Crippen molar-refractivity contribution in [2.45, 2.75) is 93.9 Å². The maximum atomic E-state index is 13.0. The molecule has 0 atom stereocenters.